The van der Waals surface area contributed by atoms with Crippen molar-refractivity contribution < 1.29 is 13.6 Å². The molecule has 3 aromatic rings. The molecule has 0 saturated carbocycles. The molecule has 128 valence electrons. The van der Waals surface area contributed by atoms with E-state index in [0.29, 0.717) is 17.7 Å². The van der Waals surface area contributed by atoms with Crippen LogP contribution in [-0.4, -0.2) is 22.3 Å². The molecule has 7 heteroatoms. The number of rotatable bonds is 3. The van der Waals surface area contributed by atoms with Crippen LogP contribution in [0, 0.1) is 5.82 Å². The van der Waals surface area contributed by atoms with Gasteiger partial charge < -0.3 is 15.1 Å². The number of halogens is 1. The van der Waals surface area contributed by atoms with Crippen molar-refractivity contribution in [1.29, 1.82) is 0 Å². The summed E-state index contributed by atoms with van der Waals surface area (Å²) in [5, 5.41) is 12.5. The van der Waals surface area contributed by atoms with Gasteiger partial charge in [0.2, 0.25) is 0 Å². The highest BCUT2D eigenvalue weighted by Crippen LogP contribution is 2.25. The topological polar surface area (TPSA) is 83.0 Å². The molecule has 0 fully saturated rings. The number of aromatic nitrogens is 2. The van der Waals surface area contributed by atoms with Crippen LogP contribution in [0.5, 0.6) is 0 Å². The molecule has 0 saturated heterocycles. The highest BCUT2D eigenvalue weighted by atomic mass is 19.1. The molecule has 3 N–H and O–H groups in total. The summed E-state index contributed by atoms with van der Waals surface area (Å²) in [4.78, 5) is 12.2. The SMILES string of the molecule is O=C(Nc1cc(-c2ccco2)ccc1F)N[C@H]1CCc2[nH]ncc2C1. The molecule has 6 nitrogen and oxygen atoms in total. The second kappa shape index (κ2) is 6.43. The third-order valence-electron chi connectivity index (χ3n) is 4.37. The number of urea groups is 1. The van der Waals surface area contributed by atoms with E-state index < -0.39 is 11.8 Å². The Balaban J connectivity index is 1.43. The molecule has 0 spiro atoms. The molecule has 1 atom stereocenters. The molecule has 2 amide bonds. The quantitative estimate of drug-likeness (QED) is 0.682. The molecular weight excluding hydrogens is 323 g/mol. The summed E-state index contributed by atoms with van der Waals surface area (Å²) in [6, 6.07) is 7.59. The van der Waals surface area contributed by atoms with E-state index >= 15 is 0 Å². The molecule has 1 aromatic carbocycles. The molecular formula is C18H17FN4O2. The summed E-state index contributed by atoms with van der Waals surface area (Å²) < 4.78 is 19.3. The molecule has 0 radical (unpaired) electrons. The second-order valence-corrected chi connectivity index (χ2v) is 6.08. The van der Waals surface area contributed by atoms with Crippen molar-refractivity contribution in [3.8, 4) is 11.3 Å². The number of furan rings is 1. The summed E-state index contributed by atoms with van der Waals surface area (Å²) in [5.41, 5.74) is 3.05. The van der Waals surface area contributed by atoms with Crippen LogP contribution in [0.4, 0.5) is 14.9 Å². The molecule has 1 aliphatic rings. The number of carbonyl (C=O) groups excluding carboxylic acids is 1. The van der Waals surface area contributed by atoms with E-state index in [1.807, 2.05) is 0 Å². The third kappa shape index (κ3) is 3.26. The van der Waals surface area contributed by atoms with Gasteiger partial charge in [0.25, 0.3) is 0 Å². The van der Waals surface area contributed by atoms with Crippen LogP contribution >= 0.6 is 0 Å². The van der Waals surface area contributed by atoms with Crippen molar-refractivity contribution in [2.45, 2.75) is 25.3 Å². The first-order chi connectivity index (χ1) is 12.2. The van der Waals surface area contributed by atoms with Crippen LogP contribution in [0.1, 0.15) is 17.7 Å². The Bertz CT molecular complexity index is 888. The van der Waals surface area contributed by atoms with Crippen LogP contribution < -0.4 is 10.6 Å². The Labute approximate surface area is 143 Å². The van der Waals surface area contributed by atoms with Crippen molar-refractivity contribution in [2.24, 2.45) is 0 Å². The summed E-state index contributed by atoms with van der Waals surface area (Å²) in [6.45, 7) is 0. The highest BCUT2D eigenvalue weighted by Gasteiger charge is 2.22. The number of anilines is 1. The fourth-order valence-corrected chi connectivity index (χ4v) is 3.10. The lowest BCUT2D eigenvalue weighted by Gasteiger charge is -2.23. The van der Waals surface area contributed by atoms with Crippen molar-refractivity contribution in [3.63, 3.8) is 0 Å². The standard InChI is InChI=1S/C18H17FN4O2/c19-14-5-3-11(17-2-1-7-25-17)9-16(14)22-18(24)21-13-4-6-15-12(8-13)10-20-23-15/h1-3,5,7,9-10,13H,4,6,8H2,(H,20,23)(H2,21,22,24)/t13-/m0/s1. The van der Waals surface area contributed by atoms with Gasteiger partial charge >= 0.3 is 6.03 Å². The van der Waals surface area contributed by atoms with Gasteiger partial charge in [-0.2, -0.15) is 5.10 Å². The number of nitrogens with one attached hydrogen (secondary N) is 3. The minimum absolute atomic E-state index is 0.00131. The molecule has 0 aliphatic heterocycles. The lowest BCUT2D eigenvalue weighted by atomic mass is 9.94. The van der Waals surface area contributed by atoms with Crippen molar-refractivity contribution in [2.75, 3.05) is 5.32 Å². The van der Waals surface area contributed by atoms with Gasteiger partial charge in [-0.1, -0.05) is 0 Å². The maximum absolute atomic E-state index is 14.0. The Morgan fingerprint density at radius 1 is 1.36 bits per heavy atom. The zero-order valence-electron chi connectivity index (χ0n) is 13.4. The number of aromatic amines is 1. The number of benzene rings is 1. The van der Waals surface area contributed by atoms with Crippen LogP contribution in [0.3, 0.4) is 0 Å². The number of fused-ring (bicyclic) bond motifs is 1. The fraction of sp³-hybridized carbons (Fsp3) is 0.222. The smallest absolute Gasteiger partial charge is 0.319 e. The molecule has 2 aromatic heterocycles. The first-order valence-electron chi connectivity index (χ1n) is 8.11. The zero-order valence-corrected chi connectivity index (χ0v) is 13.4. The number of hydrogen-bond donors (Lipinski definition) is 3. The first kappa shape index (κ1) is 15.4. The van der Waals surface area contributed by atoms with Gasteiger partial charge in [0, 0.05) is 17.3 Å². The van der Waals surface area contributed by atoms with E-state index in [2.05, 4.69) is 20.8 Å². The van der Waals surface area contributed by atoms with Crippen LogP contribution in [0.25, 0.3) is 11.3 Å². The van der Waals surface area contributed by atoms with Gasteiger partial charge in [-0.05, 0) is 55.2 Å². The predicted octanol–water partition coefficient (Wildman–Crippen LogP) is 3.49. The van der Waals surface area contributed by atoms with E-state index in [9.17, 15) is 9.18 Å². The average molecular weight is 340 g/mol. The number of aryl methyl sites for hydroxylation is 1. The van der Waals surface area contributed by atoms with Crippen LogP contribution in [-0.2, 0) is 12.8 Å². The van der Waals surface area contributed by atoms with Crippen molar-refractivity contribution in [1.82, 2.24) is 15.5 Å². The minimum Gasteiger partial charge on any atom is -0.464 e. The fourth-order valence-electron chi connectivity index (χ4n) is 3.10. The van der Waals surface area contributed by atoms with E-state index in [-0.39, 0.29) is 11.7 Å². The molecule has 4 rings (SSSR count). The molecule has 2 heterocycles. The van der Waals surface area contributed by atoms with E-state index in [1.54, 1.807) is 36.7 Å². The van der Waals surface area contributed by atoms with Gasteiger partial charge in [0.15, 0.2) is 0 Å². The van der Waals surface area contributed by atoms with Crippen molar-refractivity contribution >= 4 is 11.7 Å². The van der Waals surface area contributed by atoms with Gasteiger partial charge in [0.1, 0.15) is 11.6 Å². The summed E-state index contributed by atoms with van der Waals surface area (Å²) in [7, 11) is 0. The Hall–Kier alpha value is -3.09. The Kier molecular flexibility index (Phi) is 3.97. The normalized spacial score (nSPS) is 16.3. The number of nitrogens with zero attached hydrogens (tertiary/aromatic N) is 1. The van der Waals surface area contributed by atoms with Gasteiger partial charge in [0.05, 0.1) is 18.1 Å². The van der Waals surface area contributed by atoms with E-state index in [0.717, 1.165) is 24.1 Å². The van der Waals surface area contributed by atoms with E-state index in [4.69, 9.17) is 4.42 Å². The number of hydrogen-bond acceptors (Lipinski definition) is 3. The largest absolute Gasteiger partial charge is 0.464 e. The summed E-state index contributed by atoms with van der Waals surface area (Å²) in [5.74, 6) is 0.120. The monoisotopic (exact) mass is 340 g/mol. The van der Waals surface area contributed by atoms with Crippen LogP contribution in [0.15, 0.2) is 47.2 Å². The average Bonchev–Trinajstić information content (AvgIpc) is 3.27. The van der Waals surface area contributed by atoms with Gasteiger partial charge in [-0.15, -0.1) is 0 Å². The number of carbonyl (C=O) groups is 1. The van der Waals surface area contributed by atoms with Gasteiger partial charge in [-0.3, -0.25) is 5.10 Å². The van der Waals surface area contributed by atoms with Crippen LogP contribution in [0.2, 0.25) is 0 Å². The Morgan fingerprint density at radius 3 is 3.12 bits per heavy atom. The maximum Gasteiger partial charge on any atom is 0.319 e. The molecule has 0 unspecified atom stereocenters. The lowest BCUT2D eigenvalue weighted by Crippen LogP contribution is -2.41. The zero-order chi connectivity index (χ0) is 17.2. The highest BCUT2D eigenvalue weighted by molar-refractivity contribution is 5.90. The van der Waals surface area contributed by atoms with Crippen molar-refractivity contribution in [3.05, 3.63) is 59.9 Å². The number of H-pyrrole nitrogens is 1. The Morgan fingerprint density at radius 2 is 2.28 bits per heavy atom. The molecule has 0 bridgehead atoms. The molecule has 25 heavy (non-hydrogen) atoms. The minimum atomic E-state index is -0.494. The lowest BCUT2D eigenvalue weighted by molar-refractivity contribution is 0.247. The predicted molar refractivity (Wildman–Crippen MR) is 90.7 cm³/mol. The van der Waals surface area contributed by atoms with Gasteiger partial charge in [-0.25, -0.2) is 9.18 Å². The number of amides is 2. The summed E-state index contributed by atoms with van der Waals surface area (Å²) >= 11 is 0. The maximum atomic E-state index is 14.0. The van der Waals surface area contributed by atoms with E-state index in [1.165, 1.54) is 6.07 Å². The second-order valence-electron chi connectivity index (χ2n) is 6.08. The first-order valence-corrected chi connectivity index (χ1v) is 8.11. The molecule has 1 aliphatic carbocycles. The summed E-state index contributed by atoms with van der Waals surface area (Å²) in [6.07, 6.45) is 5.70. The third-order valence-corrected chi connectivity index (χ3v) is 4.37.